The van der Waals surface area contributed by atoms with E-state index in [0.29, 0.717) is 0 Å². The highest BCUT2D eigenvalue weighted by Gasteiger charge is 2.63. The second-order valence-electron chi connectivity index (χ2n) is 2.07. The quantitative estimate of drug-likeness (QED) is 0.459. The van der Waals surface area contributed by atoms with Crippen LogP contribution in [0.5, 0.6) is 0 Å². The van der Waals surface area contributed by atoms with E-state index in [2.05, 4.69) is 18.9 Å². The molecule has 1 spiro atoms. The summed E-state index contributed by atoms with van der Waals surface area (Å²) in [7, 11) is 0. The van der Waals surface area contributed by atoms with Crippen molar-refractivity contribution in [3.05, 3.63) is 0 Å². The van der Waals surface area contributed by atoms with Crippen LogP contribution in [0.2, 0.25) is 0 Å². The summed E-state index contributed by atoms with van der Waals surface area (Å²) in [5.41, 5.74) is 0. The Kier molecular flexibility index (Phi) is 1.08. The molecule has 2 aliphatic heterocycles. The fourth-order valence-corrected chi connectivity index (χ4v) is 0.792. The fraction of sp³-hybridized carbons (Fsp3) is 0.400. The summed E-state index contributed by atoms with van der Waals surface area (Å²) < 4.78 is 16.8. The van der Waals surface area contributed by atoms with Crippen LogP contribution >= 0.6 is 0 Å². The molecule has 0 N–H and O–H groups in total. The topological polar surface area (TPSA) is 88.1 Å². The number of carbonyl (C=O) groups is 3. The van der Waals surface area contributed by atoms with Crippen molar-refractivity contribution in [1.29, 1.82) is 0 Å². The molecule has 0 aliphatic carbocycles. The van der Waals surface area contributed by atoms with Crippen LogP contribution in [0.1, 0.15) is 0 Å². The van der Waals surface area contributed by atoms with Crippen molar-refractivity contribution < 1.29 is 33.3 Å². The van der Waals surface area contributed by atoms with E-state index in [0.717, 1.165) is 0 Å². The Balaban J connectivity index is 2.17. The number of ketones is 1. The predicted octanol–water partition coefficient (Wildman–Crippen LogP) is -0.457. The third-order valence-corrected chi connectivity index (χ3v) is 1.32. The van der Waals surface area contributed by atoms with Gasteiger partial charge in [0.25, 0.3) is 5.78 Å². The van der Waals surface area contributed by atoms with Crippen LogP contribution in [-0.2, 0) is 23.7 Å². The summed E-state index contributed by atoms with van der Waals surface area (Å²) in [5, 5.41) is 0. The van der Waals surface area contributed by atoms with Crippen LogP contribution in [0.15, 0.2) is 0 Å². The van der Waals surface area contributed by atoms with E-state index < -0.39 is 30.7 Å². The van der Waals surface area contributed by atoms with Crippen LogP contribution in [-0.4, -0.2) is 30.7 Å². The van der Waals surface area contributed by atoms with Gasteiger partial charge in [-0.3, -0.25) is 4.79 Å². The Bertz CT molecular complexity index is 272. The van der Waals surface area contributed by atoms with Crippen LogP contribution < -0.4 is 0 Å². The molecule has 0 radical (unpaired) electrons. The SMILES string of the molecule is O=C1OCC(=O)C2(O1)OC(=O)O2. The number of hydrogen-bond acceptors (Lipinski definition) is 7. The predicted molar refractivity (Wildman–Crippen MR) is 27.7 cm³/mol. The van der Waals surface area contributed by atoms with Crippen LogP contribution in [0.4, 0.5) is 9.59 Å². The first-order valence-electron chi connectivity index (χ1n) is 2.93. The first-order valence-corrected chi connectivity index (χ1v) is 2.93. The number of Topliss-reactive ketones (excluding diaryl/α,β-unsaturated/α-hetero) is 1. The van der Waals surface area contributed by atoms with E-state index in [4.69, 9.17) is 0 Å². The molecule has 0 aromatic rings. The lowest BCUT2D eigenvalue weighted by Gasteiger charge is -2.36. The molecule has 2 aliphatic rings. The van der Waals surface area contributed by atoms with Gasteiger partial charge in [0.2, 0.25) is 0 Å². The van der Waals surface area contributed by atoms with Crippen LogP contribution in [0, 0.1) is 0 Å². The van der Waals surface area contributed by atoms with Gasteiger partial charge >= 0.3 is 18.3 Å². The maximum atomic E-state index is 10.9. The highest BCUT2D eigenvalue weighted by molar-refractivity contribution is 5.95. The van der Waals surface area contributed by atoms with E-state index in [9.17, 15) is 14.4 Å². The molecule has 64 valence electrons. The average Bonchev–Trinajstić information content (AvgIpc) is 1.94. The van der Waals surface area contributed by atoms with Gasteiger partial charge in [-0.15, -0.1) is 0 Å². The van der Waals surface area contributed by atoms with Gasteiger partial charge in [0, 0.05) is 0 Å². The molecule has 12 heavy (non-hydrogen) atoms. The van der Waals surface area contributed by atoms with Gasteiger partial charge in [-0.05, 0) is 0 Å². The van der Waals surface area contributed by atoms with E-state index >= 15 is 0 Å². The fourth-order valence-electron chi connectivity index (χ4n) is 0.792. The lowest BCUT2D eigenvalue weighted by Crippen LogP contribution is -2.62. The second kappa shape index (κ2) is 1.87. The van der Waals surface area contributed by atoms with Gasteiger partial charge in [-0.1, -0.05) is 0 Å². The lowest BCUT2D eigenvalue weighted by atomic mass is 10.3. The molecule has 2 saturated heterocycles. The largest absolute Gasteiger partial charge is 0.520 e. The van der Waals surface area contributed by atoms with E-state index in [1.165, 1.54) is 0 Å². The number of ether oxygens (including phenoxy) is 4. The standard InChI is InChI=1S/C5H2O7/c6-2-1-9-3(7)10-5(2)11-4(8)12-5/h1H2. The maximum Gasteiger partial charge on any atom is 0.520 e. The monoisotopic (exact) mass is 174 g/mol. The maximum absolute atomic E-state index is 10.9. The Morgan fingerprint density at radius 2 is 1.58 bits per heavy atom. The summed E-state index contributed by atoms with van der Waals surface area (Å²) in [6.45, 7) is -0.522. The Morgan fingerprint density at radius 1 is 1.00 bits per heavy atom. The van der Waals surface area contributed by atoms with E-state index in [1.54, 1.807) is 0 Å². The number of cyclic esters (lactones) is 1. The van der Waals surface area contributed by atoms with Gasteiger partial charge in [-0.2, -0.15) is 0 Å². The van der Waals surface area contributed by atoms with Gasteiger partial charge < -0.3 is 18.9 Å². The van der Waals surface area contributed by atoms with E-state index in [-0.39, 0.29) is 0 Å². The normalized spacial score (nSPS) is 24.8. The second-order valence-corrected chi connectivity index (χ2v) is 2.07. The molecular weight excluding hydrogens is 172 g/mol. The number of hydrogen-bond donors (Lipinski definition) is 0. The molecule has 7 heteroatoms. The van der Waals surface area contributed by atoms with Gasteiger partial charge in [0.1, 0.15) is 0 Å². The summed E-state index contributed by atoms with van der Waals surface area (Å²) in [6.07, 6.45) is -2.17. The Labute approximate surface area is 65.1 Å². The van der Waals surface area contributed by atoms with Crippen LogP contribution in [0.25, 0.3) is 0 Å². The number of carbonyl (C=O) groups excluding carboxylic acids is 3. The molecule has 0 aromatic heterocycles. The lowest BCUT2D eigenvalue weighted by molar-refractivity contribution is -0.366. The van der Waals surface area contributed by atoms with Gasteiger partial charge in [-0.25, -0.2) is 9.59 Å². The molecule has 0 atom stereocenters. The Morgan fingerprint density at radius 3 is 2.17 bits per heavy atom. The zero-order valence-corrected chi connectivity index (χ0v) is 5.56. The van der Waals surface area contributed by atoms with Crippen LogP contribution in [0.3, 0.4) is 0 Å². The molecule has 0 amide bonds. The van der Waals surface area contributed by atoms with Crippen molar-refractivity contribution >= 4 is 18.1 Å². The minimum absolute atomic E-state index is 0.522. The van der Waals surface area contributed by atoms with Crippen molar-refractivity contribution in [2.24, 2.45) is 0 Å². The first-order chi connectivity index (χ1) is 5.62. The molecule has 2 fully saturated rings. The average molecular weight is 174 g/mol. The Hall–Kier alpha value is -1.79. The van der Waals surface area contributed by atoms with E-state index in [1.807, 2.05) is 0 Å². The van der Waals surface area contributed by atoms with Crippen molar-refractivity contribution in [3.63, 3.8) is 0 Å². The third kappa shape index (κ3) is 0.728. The summed E-state index contributed by atoms with van der Waals surface area (Å²) >= 11 is 0. The van der Waals surface area contributed by atoms with Crippen molar-refractivity contribution in [2.75, 3.05) is 6.61 Å². The summed E-state index contributed by atoms with van der Waals surface area (Å²) in [6, 6.07) is 0. The summed E-state index contributed by atoms with van der Waals surface area (Å²) in [5.74, 6) is -2.92. The summed E-state index contributed by atoms with van der Waals surface area (Å²) in [4.78, 5) is 31.5. The van der Waals surface area contributed by atoms with Gasteiger partial charge in [0.05, 0.1) is 0 Å². The smallest absolute Gasteiger partial charge is 0.426 e. The first kappa shape index (κ1) is 6.89. The van der Waals surface area contributed by atoms with Crippen molar-refractivity contribution in [1.82, 2.24) is 0 Å². The molecule has 7 nitrogen and oxygen atoms in total. The molecule has 0 unspecified atom stereocenters. The van der Waals surface area contributed by atoms with Gasteiger partial charge in [0.15, 0.2) is 6.61 Å². The molecule has 2 rings (SSSR count). The minimum Gasteiger partial charge on any atom is -0.426 e. The molecule has 0 aromatic carbocycles. The molecule has 0 bridgehead atoms. The van der Waals surface area contributed by atoms with Crippen molar-refractivity contribution in [2.45, 2.75) is 5.97 Å². The highest BCUT2D eigenvalue weighted by Crippen LogP contribution is 2.30. The minimum atomic E-state index is -2.16. The molecular formula is C5H2O7. The molecule has 0 saturated carbocycles. The zero-order valence-electron chi connectivity index (χ0n) is 5.56. The third-order valence-electron chi connectivity index (χ3n) is 1.32. The molecule has 2 heterocycles. The van der Waals surface area contributed by atoms with Crippen molar-refractivity contribution in [3.8, 4) is 0 Å². The highest BCUT2D eigenvalue weighted by atomic mass is 17.0. The zero-order chi connectivity index (χ0) is 8.77. The number of rotatable bonds is 0.